The van der Waals surface area contributed by atoms with Crippen LogP contribution in [-0.2, 0) is 15.6 Å². The summed E-state index contributed by atoms with van der Waals surface area (Å²) < 4.78 is 39.6. The molecule has 0 spiro atoms. The van der Waals surface area contributed by atoms with E-state index in [4.69, 9.17) is 5.73 Å². The zero-order valence-electron chi connectivity index (χ0n) is 12.0. The van der Waals surface area contributed by atoms with Crippen molar-refractivity contribution in [2.24, 2.45) is 0 Å². The summed E-state index contributed by atoms with van der Waals surface area (Å²) in [6.45, 7) is 4.02. The van der Waals surface area contributed by atoms with Gasteiger partial charge >= 0.3 is 0 Å². The normalized spacial score (nSPS) is 13.3. The van der Waals surface area contributed by atoms with Gasteiger partial charge in [-0.25, -0.2) is 12.8 Å². The largest absolute Gasteiger partial charge is 0.398 e. The average Bonchev–Trinajstić information content (AvgIpc) is 2.88. The average molecular weight is 311 g/mol. The van der Waals surface area contributed by atoms with E-state index in [1.807, 2.05) is 13.8 Å². The number of rotatable bonds is 5. The van der Waals surface area contributed by atoms with E-state index in [9.17, 15) is 12.8 Å². The third-order valence-corrected chi connectivity index (χ3v) is 5.05. The maximum absolute atomic E-state index is 13.2. The number of nitrogens with zero attached hydrogens (tertiary/aromatic N) is 2. The van der Waals surface area contributed by atoms with E-state index < -0.39 is 15.7 Å². The van der Waals surface area contributed by atoms with Crippen LogP contribution in [0, 0.1) is 5.82 Å². The van der Waals surface area contributed by atoms with Gasteiger partial charge in [0.25, 0.3) is 0 Å². The van der Waals surface area contributed by atoms with E-state index in [1.54, 1.807) is 16.9 Å². The molecule has 0 amide bonds. The SMILES string of the molecule is CCC(C)n1ccc(CS(=O)(=O)c2cc(F)ccc2N)n1. The number of nitrogen functional groups attached to an aromatic ring is 1. The van der Waals surface area contributed by atoms with Crippen LogP contribution in [0.1, 0.15) is 32.0 Å². The molecule has 0 bridgehead atoms. The van der Waals surface area contributed by atoms with E-state index in [0.29, 0.717) is 5.69 Å². The Morgan fingerprint density at radius 2 is 2.10 bits per heavy atom. The van der Waals surface area contributed by atoms with E-state index >= 15 is 0 Å². The summed E-state index contributed by atoms with van der Waals surface area (Å²) in [5.41, 5.74) is 6.09. The van der Waals surface area contributed by atoms with Crippen molar-refractivity contribution in [1.82, 2.24) is 9.78 Å². The molecule has 2 aromatic rings. The molecular formula is C14H18FN3O2S. The van der Waals surface area contributed by atoms with Crippen molar-refractivity contribution in [2.45, 2.75) is 37.0 Å². The standard InChI is InChI=1S/C14H18FN3O2S/c1-3-10(2)18-7-6-12(17-18)9-21(19,20)14-8-11(15)4-5-13(14)16/h4-8,10H,3,9,16H2,1-2H3. The molecule has 0 aliphatic heterocycles. The zero-order valence-corrected chi connectivity index (χ0v) is 12.8. The molecule has 7 heteroatoms. The summed E-state index contributed by atoms with van der Waals surface area (Å²) in [5.74, 6) is -0.933. The molecule has 21 heavy (non-hydrogen) atoms. The first kappa shape index (κ1) is 15.5. The lowest BCUT2D eigenvalue weighted by molar-refractivity contribution is 0.475. The highest BCUT2D eigenvalue weighted by Crippen LogP contribution is 2.23. The number of hydrogen-bond donors (Lipinski definition) is 1. The van der Waals surface area contributed by atoms with Crippen molar-refractivity contribution in [3.05, 3.63) is 42.0 Å². The molecule has 2 N–H and O–H groups in total. The number of hydrogen-bond acceptors (Lipinski definition) is 4. The van der Waals surface area contributed by atoms with Crippen molar-refractivity contribution >= 4 is 15.5 Å². The highest BCUT2D eigenvalue weighted by Gasteiger charge is 2.21. The van der Waals surface area contributed by atoms with Crippen molar-refractivity contribution in [1.29, 1.82) is 0 Å². The van der Waals surface area contributed by atoms with Gasteiger partial charge in [-0.1, -0.05) is 6.92 Å². The van der Waals surface area contributed by atoms with Gasteiger partial charge in [0.05, 0.1) is 22.0 Å². The highest BCUT2D eigenvalue weighted by molar-refractivity contribution is 7.90. The quantitative estimate of drug-likeness (QED) is 0.861. The number of anilines is 1. The lowest BCUT2D eigenvalue weighted by atomic mass is 10.3. The van der Waals surface area contributed by atoms with Crippen LogP contribution < -0.4 is 5.73 Å². The van der Waals surface area contributed by atoms with Crippen LogP contribution in [0.3, 0.4) is 0 Å². The van der Waals surface area contributed by atoms with Gasteiger partial charge in [0.2, 0.25) is 0 Å². The third kappa shape index (κ3) is 3.41. The molecule has 0 aliphatic carbocycles. The number of halogens is 1. The molecule has 0 radical (unpaired) electrons. The molecule has 0 saturated heterocycles. The molecule has 5 nitrogen and oxygen atoms in total. The summed E-state index contributed by atoms with van der Waals surface area (Å²) in [4.78, 5) is -0.194. The van der Waals surface area contributed by atoms with Gasteiger partial charge in [0.1, 0.15) is 5.82 Å². The van der Waals surface area contributed by atoms with Crippen LogP contribution in [0.15, 0.2) is 35.4 Å². The van der Waals surface area contributed by atoms with Crippen LogP contribution in [0.25, 0.3) is 0 Å². The fourth-order valence-electron chi connectivity index (χ4n) is 1.94. The Hall–Kier alpha value is -1.89. The van der Waals surface area contributed by atoms with Gasteiger partial charge in [0.15, 0.2) is 9.84 Å². The molecule has 1 aromatic carbocycles. The maximum atomic E-state index is 13.2. The smallest absolute Gasteiger partial charge is 0.186 e. The number of benzene rings is 1. The summed E-state index contributed by atoms with van der Waals surface area (Å²) in [6.07, 6.45) is 2.64. The first-order valence-corrected chi connectivity index (χ1v) is 8.30. The molecule has 0 saturated carbocycles. The van der Waals surface area contributed by atoms with Gasteiger partial charge in [-0.3, -0.25) is 4.68 Å². The van der Waals surface area contributed by atoms with E-state index in [1.165, 1.54) is 6.07 Å². The fraction of sp³-hybridized carbons (Fsp3) is 0.357. The van der Waals surface area contributed by atoms with Gasteiger partial charge < -0.3 is 5.73 Å². The van der Waals surface area contributed by atoms with Crippen LogP contribution in [0.4, 0.5) is 10.1 Å². The number of nitrogens with two attached hydrogens (primary N) is 1. The van der Waals surface area contributed by atoms with Gasteiger partial charge in [-0.05, 0) is 37.6 Å². The Balaban J connectivity index is 2.29. The molecule has 1 unspecified atom stereocenters. The van der Waals surface area contributed by atoms with E-state index in [0.717, 1.165) is 18.6 Å². The molecule has 0 aliphatic rings. The van der Waals surface area contributed by atoms with Crippen LogP contribution >= 0.6 is 0 Å². The molecule has 114 valence electrons. The Labute approximate surface area is 123 Å². The lowest BCUT2D eigenvalue weighted by Gasteiger charge is -2.09. The Kier molecular flexibility index (Phi) is 4.32. The number of aromatic nitrogens is 2. The van der Waals surface area contributed by atoms with Crippen LogP contribution in [0.2, 0.25) is 0 Å². The minimum atomic E-state index is -3.73. The second-order valence-electron chi connectivity index (χ2n) is 4.99. The minimum Gasteiger partial charge on any atom is -0.398 e. The minimum absolute atomic E-state index is 0.0396. The topological polar surface area (TPSA) is 78.0 Å². The third-order valence-electron chi connectivity index (χ3n) is 3.35. The fourth-order valence-corrected chi connectivity index (χ4v) is 3.36. The first-order valence-electron chi connectivity index (χ1n) is 6.65. The van der Waals surface area contributed by atoms with Crippen molar-refractivity contribution < 1.29 is 12.8 Å². The monoisotopic (exact) mass is 311 g/mol. The Bertz CT molecular complexity index is 740. The summed E-state index contributed by atoms with van der Waals surface area (Å²) in [7, 11) is -3.73. The molecule has 1 heterocycles. The molecule has 2 rings (SSSR count). The molecule has 1 atom stereocenters. The zero-order chi connectivity index (χ0) is 15.6. The van der Waals surface area contributed by atoms with E-state index in [2.05, 4.69) is 5.10 Å². The summed E-state index contributed by atoms with van der Waals surface area (Å²) in [6, 6.07) is 5.17. The van der Waals surface area contributed by atoms with E-state index in [-0.39, 0.29) is 22.4 Å². The van der Waals surface area contributed by atoms with Gasteiger partial charge in [-0.2, -0.15) is 5.10 Å². The van der Waals surface area contributed by atoms with Crippen LogP contribution in [0.5, 0.6) is 0 Å². The maximum Gasteiger partial charge on any atom is 0.186 e. The van der Waals surface area contributed by atoms with Gasteiger partial charge in [0, 0.05) is 12.2 Å². The van der Waals surface area contributed by atoms with Crippen molar-refractivity contribution in [2.75, 3.05) is 5.73 Å². The van der Waals surface area contributed by atoms with Crippen molar-refractivity contribution in [3.8, 4) is 0 Å². The predicted molar refractivity (Wildman–Crippen MR) is 78.9 cm³/mol. The Morgan fingerprint density at radius 3 is 2.76 bits per heavy atom. The predicted octanol–water partition coefficient (Wildman–Crippen LogP) is 2.55. The van der Waals surface area contributed by atoms with Crippen molar-refractivity contribution in [3.63, 3.8) is 0 Å². The number of sulfone groups is 1. The van der Waals surface area contributed by atoms with Crippen LogP contribution in [-0.4, -0.2) is 18.2 Å². The molecule has 0 fully saturated rings. The first-order chi connectivity index (χ1) is 9.83. The molecule has 1 aromatic heterocycles. The summed E-state index contributed by atoms with van der Waals surface area (Å²) >= 11 is 0. The summed E-state index contributed by atoms with van der Waals surface area (Å²) in [5, 5.41) is 4.25. The van der Waals surface area contributed by atoms with Gasteiger partial charge in [-0.15, -0.1) is 0 Å². The molecular weight excluding hydrogens is 293 g/mol. The second kappa shape index (κ2) is 5.85. The second-order valence-corrected chi connectivity index (χ2v) is 6.94. The Morgan fingerprint density at radius 1 is 1.38 bits per heavy atom. The highest BCUT2D eigenvalue weighted by atomic mass is 32.2. The lowest BCUT2D eigenvalue weighted by Crippen LogP contribution is -2.10.